The van der Waals surface area contributed by atoms with Gasteiger partial charge in [0.05, 0.1) is 0 Å². The second-order valence-corrected chi connectivity index (χ2v) is 7.68. The molecule has 3 aromatic carbocycles. The van der Waals surface area contributed by atoms with Crippen molar-refractivity contribution in [1.82, 2.24) is 0 Å². The second-order valence-electron chi connectivity index (χ2n) is 7.68. The van der Waals surface area contributed by atoms with Crippen molar-refractivity contribution >= 4 is 5.69 Å². The van der Waals surface area contributed by atoms with Crippen LogP contribution in [0.1, 0.15) is 73.3 Å². The molecule has 1 heteroatoms. The zero-order valence-corrected chi connectivity index (χ0v) is 16.2. The van der Waals surface area contributed by atoms with Crippen LogP contribution in [0.25, 0.3) is 0 Å². The van der Waals surface area contributed by atoms with Gasteiger partial charge in [0.1, 0.15) is 0 Å². The fraction of sp³-hybridized carbons (Fsp3) is 0.280. The number of nitrogens with two attached hydrogens (primary N) is 1. The summed E-state index contributed by atoms with van der Waals surface area (Å²) >= 11 is 0. The molecule has 2 N–H and O–H groups in total. The summed E-state index contributed by atoms with van der Waals surface area (Å²) in [5.74, 6) is 1.05. The fourth-order valence-corrected chi connectivity index (χ4v) is 3.83. The van der Waals surface area contributed by atoms with Gasteiger partial charge in [-0.3, -0.25) is 0 Å². The molecule has 0 aliphatic rings. The SMILES string of the molecule is CC(C)c1cc(N)cc(C(C)C)c1C(c1ccccc1)c1ccccc1. The van der Waals surface area contributed by atoms with Crippen LogP contribution in [0.15, 0.2) is 72.8 Å². The van der Waals surface area contributed by atoms with Crippen LogP contribution in [0.5, 0.6) is 0 Å². The van der Waals surface area contributed by atoms with E-state index in [0.29, 0.717) is 11.8 Å². The Bertz CT molecular complexity index is 779. The monoisotopic (exact) mass is 343 g/mol. The molecule has 26 heavy (non-hydrogen) atoms. The van der Waals surface area contributed by atoms with Crippen LogP contribution < -0.4 is 5.73 Å². The maximum Gasteiger partial charge on any atom is 0.0345 e. The number of rotatable bonds is 5. The molecule has 0 radical (unpaired) electrons. The zero-order chi connectivity index (χ0) is 18.7. The van der Waals surface area contributed by atoms with Crippen molar-refractivity contribution in [3.8, 4) is 0 Å². The highest BCUT2D eigenvalue weighted by molar-refractivity contribution is 5.57. The van der Waals surface area contributed by atoms with E-state index < -0.39 is 0 Å². The summed E-state index contributed by atoms with van der Waals surface area (Å²) in [6.07, 6.45) is 0. The molecule has 0 aliphatic carbocycles. The molecule has 0 aromatic heterocycles. The third-order valence-corrected chi connectivity index (χ3v) is 5.06. The summed E-state index contributed by atoms with van der Waals surface area (Å²) in [6.45, 7) is 9.04. The van der Waals surface area contributed by atoms with Gasteiger partial charge in [-0.2, -0.15) is 0 Å². The molecule has 3 rings (SSSR count). The lowest BCUT2D eigenvalue weighted by atomic mass is 9.76. The lowest BCUT2D eigenvalue weighted by molar-refractivity contribution is 0.782. The maximum atomic E-state index is 6.28. The van der Waals surface area contributed by atoms with Crippen LogP contribution in [-0.4, -0.2) is 0 Å². The summed E-state index contributed by atoms with van der Waals surface area (Å²) in [5.41, 5.74) is 13.9. The van der Waals surface area contributed by atoms with Crippen molar-refractivity contribution in [2.24, 2.45) is 0 Å². The molecule has 0 spiro atoms. The minimum atomic E-state index is 0.216. The van der Waals surface area contributed by atoms with Crippen molar-refractivity contribution in [2.45, 2.75) is 45.4 Å². The first-order valence-corrected chi connectivity index (χ1v) is 9.52. The van der Waals surface area contributed by atoms with Crippen LogP contribution in [0.3, 0.4) is 0 Å². The minimum Gasteiger partial charge on any atom is -0.399 e. The van der Waals surface area contributed by atoms with Gasteiger partial charge < -0.3 is 5.73 Å². The van der Waals surface area contributed by atoms with Gasteiger partial charge in [0.2, 0.25) is 0 Å². The van der Waals surface area contributed by atoms with E-state index >= 15 is 0 Å². The summed E-state index contributed by atoms with van der Waals surface area (Å²) in [6, 6.07) is 26.0. The lowest BCUT2D eigenvalue weighted by Gasteiger charge is -2.28. The summed E-state index contributed by atoms with van der Waals surface area (Å²) < 4.78 is 0. The zero-order valence-electron chi connectivity index (χ0n) is 16.2. The van der Waals surface area contributed by atoms with Crippen LogP contribution in [0.2, 0.25) is 0 Å². The molecular formula is C25H29N. The summed E-state index contributed by atoms with van der Waals surface area (Å²) in [4.78, 5) is 0. The molecule has 0 heterocycles. The van der Waals surface area contributed by atoms with Crippen molar-refractivity contribution in [3.05, 3.63) is 101 Å². The van der Waals surface area contributed by atoms with Gasteiger partial charge in [0.15, 0.2) is 0 Å². The van der Waals surface area contributed by atoms with E-state index in [0.717, 1.165) is 5.69 Å². The Morgan fingerprint density at radius 1 is 0.615 bits per heavy atom. The average Bonchev–Trinajstić information content (AvgIpc) is 2.64. The van der Waals surface area contributed by atoms with Gasteiger partial charge in [0, 0.05) is 11.6 Å². The fourth-order valence-electron chi connectivity index (χ4n) is 3.83. The van der Waals surface area contributed by atoms with Crippen molar-refractivity contribution in [2.75, 3.05) is 5.73 Å². The molecule has 0 fully saturated rings. The van der Waals surface area contributed by atoms with Gasteiger partial charge in [-0.1, -0.05) is 88.4 Å². The number of anilines is 1. The highest BCUT2D eigenvalue weighted by atomic mass is 14.5. The van der Waals surface area contributed by atoms with E-state index in [1.807, 2.05) is 0 Å². The largest absolute Gasteiger partial charge is 0.399 e. The van der Waals surface area contributed by atoms with Crippen molar-refractivity contribution < 1.29 is 0 Å². The number of hydrogen-bond donors (Lipinski definition) is 1. The summed E-state index contributed by atoms with van der Waals surface area (Å²) in [7, 11) is 0. The molecule has 0 saturated carbocycles. The number of benzene rings is 3. The Morgan fingerprint density at radius 3 is 1.35 bits per heavy atom. The van der Waals surface area contributed by atoms with Crippen LogP contribution in [0, 0.1) is 0 Å². The standard InChI is InChI=1S/C25H29N/c1-17(2)22-15-21(26)16-23(18(3)4)25(22)24(19-11-7-5-8-12-19)20-13-9-6-10-14-20/h5-18,24H,26H2,1-4H3. The highest BCUT2D eigenvalue weighted by Crippen LogP contribution is 2.41. The normalized spacial score (nSPS) is 11.5. The predicted molar refractivity (Wildman–Crippen MR) is 113 cm³/mol. The Hall–Kier alpha value is -2.54. The Labute approximate surface area is 157 Å². The highest BCUT2D eigenvalue weighted by Gasteiger charge is 2.25. The molecule has 0 saturated heterocycles. The molecule has 0 atom stereocenters. The molecule has 0 unspecified atom stereocenters. The van der Waals surface area contributed by atoms with E-state index in [-0.39, 0.29) is 5.92 Å². The van der Waals surface area contributed by atoms with E-state index in [1.54, 1.807) is 0 Å². The lowest BCUT2D eigenvalue weighted by Crippen LogP contribution is -2.13. The van der Waals surface area contributed by atoms with Gasteiger partial charge >= 0.3 is 0 Å². The molecule has 134 valence electrons. The Morgan fingerprint density at radius 2 is 1.00 bits per heavy atom. The second kappa shape index (κ2) is 7.78. The quantitative estimate of drug-likeness (QED) is 0.405. The molecular weight excluding hydrogens is 314 g/mol. The van der Waals surface area contributed by atoms with E-state index in [2.05, 4.69) is 100 Å². The first-order chi connectivity index (χ1) is 12.5. The molecule has 0 bridgehead atoms. The Kier molecular flexibility index (Phi) is 5.46. The first kappa shape index (κ1) is 18.3. The van der Waals surface area contributed by atoms with Crippen molar-refractivity contribution in [3.63, 3.8) is 0 Å². The van der Waals surface area contributed by atoms with E-state index in [1.165, 1.54) is 27.8 Å². The minimum absolute atomic E-state index is 0.216. The topological polar surface area (TPSA) is 26.0 Å². The third-order valence-electron chi connectivity index (χ3n) is 5.06. The van der Waals surface area contributed by atoms with E-state index in [4.69, 9.17) is 5.73 Å². The van der Waals surface area contributed by atoms with Crippen LogP contribution in [-0.2, 0) is 0 Å². The smallest absolute Gasteiger partial charge is 0.0345 e. The molecule has 1 nitrogen and oxygen atoms in total. The van der Waals surface area contributed by atoms with E-state index in [9.17, 15) is 0 Å². The maximum absolute atomic E-state index is 6.28. The molecule has 0 aliphatic heterocycles. The average molecular weight is 344 g/mol. The van der Waals surface area contributed by atoms with Crippen LogP contribution >= 0.6 is 0 Å². The Balaban J connectivity index is 2.34. The number of nitrogen functional groups attached to an aromatic ring is 1. The molecule has 0 amide bonds. The van der Waals surface area contributed by atoms with Gasteiger partial charge in [-0.05, 0) is 51.8 Å². The first-order valence-electron chi connectivity index (χ1n) is 9.52. The molecule has 3 aromatic rings. The van der Waals surface area contributed by atoms with Gasteiger partial charge in [0.25, 0.3) is 0 Å². The van der Waals surface area contributed by atoms with Gasteiger partial charge in [-0.25, -0.2) is 0 Å². The predicted octanol–water partition coefficient (Wildman–Crippen LogP) is 6.70. The van der Waals surface area contributed by atoms with Gasteiger partial charge in [-0.15, -0.1) is 0 Å². The summed E-state index contributed by atoms with van der Waals surface area (Å²) in [5, 5.41) is 0. The third kappa shape index (κ3) is 3.67. The van der Waals surface area contributed by atoms with Crippen LogP contribution in [0.4, 0.5) is 5.69 Å². The number of hydrogen-bond acceptors (Lipinski definition) is 1. The van der Waals surface area contributed by atoms with Crippen molar-refractivity contribution in [1.29, 1.82) is 0 Å².